The molecule has 1 fully saturated rings. The molecule has 2 heterocycles. The first-order valence-electron chi connectivity index (χ1n) is 8.39. The van der Waals surface area contributed by atoms with Crippen molar-refractivity contribution < 1.29 is 17.6 Å². The van der Waals surface area contributed by atoms with Crippen molar-refractivity contribution in [2.24, 2.45) is 17.8 Å². The van der Waals surface area contributed by atoms with Gasteiger partial charge in [-0.15, -0.1) is 0 Å². The predicted octanol–water partition coefficient (Wildman–Crippen LogP) is 2.21. The van der Waals surface area contributed by atoms with Crippen LogP contribution in [0.25, 0.3) is 0 Å². The summed E-state index contributed by atoms with van der Waals surface area (Å²) in [6, 6.07) is 6.24. The molecule has 0 bridgehead atoms. The molecule has 0 spiro atoms. The highest BCUT2D eigenvalue weighted by Crippen LogP contribution is 2.30. The van der Waals surface area contributed by atoms with Crippen LogP contribution >= 0.6 is 0 Å². The van der Waals surface area contributed by atoms with Crippen LogP contribution in [0, 0.1) is 5.82 Å². The van der Waals surface area contributed by atoms with Gasteiger partial charge in [-0.2, -0.15) is 18.3 Å². The molecule has 146 valence electrons. The van der Waals surface area contributed by atoms with Crippen LogP contribution in [0.3, 0.4) is 0 Å². The van der Waals surface area contributed by atoms with Crippen molar-refractivity contribution in [3.05, 3.63) is 47.5 Å². The first kappa shape index (κ1) is 19.0. The molecule has 0 unspecified atom stereocenters. The number of halogens is 4. The van der Waals surface area contributed by atoms with E-state index < -0.39 is 11.9 Å². The molecule has 1 aliphatic heterocycles. The van der Waals surface area contributed by atoms with Crippen LogP contribution in [-0.2, 0) is 19.8 Å². The highest BCUT2D eigenvalue weighted by Gasteiger charge is 2.36. The molecule has 0 radical (unpaired) electrons. The largest absolute Gasteiger partial charge is 0.435 e. The minimum atomic E-state index is -4.53. The number of nitrogens with zero attached hydrogens (tertiary/aromatic N) is 5. The Hall–Kier alpha value is -2.78. The fourth-order valence-electron chi connectivity index (χ4n) is 3.00. The third kappa shape index (κ3) is 4.50. The molecule has 6 nitrogen and oxygen atoms in total. The van der Waals surface area contributed by atoms with E-state index in [4.69, 9.17) is 5.73 Å². The fourth-order valence-corrected chi connectivity index (χ4v) is 3.00. The zero-order valence-electron chi connectivity index (χ0n) is 14.7. The third-order valence-electron chi connectivity index (χ3n) is 4.38. The van der Waals surface area contributed by atoms with Gasteiger partial charge in [0.05, 0.1) is 6.54 Å². The molecular weight excluding hydrogens is 364 g/mol. The molecule has 1 aromatic heterocycles. The third-order valence-corrected chi connectivity index (χ3v) is 4.38. The number of aliphatic imine (C=N–C) groups is 1. The van der Waals surface area contributed by atoms with Gasteiger partial charge in [-0.1, -0.05) is 0 Å². The van der Waals surface area contributed by atoms with Gasteiger partial charge in [-0.25, -0.2) is 9.38 Å². The van der Waals surface area contributed by atoms with Crippen LogP contribution in [0.5, 0.6) is 0 Å². The molecule has 0 aliphatic carbocycles. The smallest absolute Gasteiger partial charge is 0.370 e. The summed E-state index contributed by atoms with van der Waals surface area (Å²) in [6.07, 6.45) is -3.23. The lowest BCUT2D eigenvalue weighted by atomic mass is 10.2. The van der Waals surface area contributed by atoms with E-state index in [9.17, 15) is 17.6 Å². The van der Waals surface area contributed by atoms with Crippen molar-refractivity contribution in [2.45, 2.75) is 12.7 Å². The number of piperazine rings is 1. The van der Waals surface area contributed by atoms with Gasteiger partial charge in [0.25, 0.3) is 0 Å². The molecule has 3 rings (SSSR count). The number of alkyl halides is 3. The molecule has 1 aliphatic rings. The number of hydrogen-bond donors (Lipinski definition) is 1. The minimum Gasteiger partial charge on any atom is -0.370 e. The summed E-state index contributed by atoms with van der Waals surface area (Å²) in [7, 11) is 1.43. The van der Waals surface area contributed by atoms with Crippen LogP contribution < -0.4 is 10.6 Å². The average molecular weight is 384 g/mol. The maximum atomic E-state index is 13.0. The van der Waals surface area contributed by atoms with Gasteiger partial charge in [0.15, 0.2) is 11.7 Å². The minimum absolute atomic E-state index is 0.0158. The second-order valence-corrected chi connectivity index (χ2v) is 6.30. The lowest BCUT2D eigenvalue weighted by molar-refractivity contribution is -0.142. The van der Waals surface area contributed by atoms with Crippen molar-refractivity contribution in [1.82, 2.24) is 14.7 Å². The number of anilines is 1. The molecule has 1 aromatic carbocycles. The Kier molecular flexibility index (Phi) is 5.24. The van der Waals surface area contributed by atoms with Crippen molar-refractivity contribution >= 4 is 11.6 Å². The number of rotatable bonds is 3. The lowest BCUT2D eigenvalue weighted by Crippen LogP contribution is -2.51. The summed E-state index contributed by atoms with van der Waals surface area (Å²) in [5, 5.41) is 3.46. The van der Waals surface area contributed by atoms with E-state index in [2.05, 4.69) is 15.0 Å². The Morgan fingerprint density at radius 2 is 1.78 bits per heavy atom. The predicted molar refractivity (Wildman–Crippen MR) is 93.7 cm³/mol. The Balaban J connectivity index is 1.61. The van der Waals surface area contributed by atoms with E-state index in [-0.39, 0.29) is 23.9 Å². The summed E-state index contributed by atoms with van der Waals surface area (Å²) in [5.41, 5.74) is 5.92. The van der Waals surface area contributed by atoms with Crippen LogP contribution in [0.1, 0.15) is 11.3 Å². The molecule has 2 N–H and O–H groups in total. The SMILES string of the molecule is Cn1cc(CN=C(N)N2CCN(c3ccc(F)cc3)CC2)c(C(F)(F)F)n1. The molecule has 2 aromatic rings. The Labute approximate surface area is 153 Å². The second kappa shape index (κ2) is 7.45. The van der Waals surface area contributed by atoms with Gasteiger partial charge in [-0.05, 0) is 24.3 Å². The van der Waals surface area contributed by atoms with Crippen LogP contribution in [0.2, 0.25) is 0 Å². The molecule has 10 heteroatoms. The molecule has 0 saturated carbocycles. The zero-order valence-corrected chi connectivity index (χ0v) is 14.7. The van der Waals surface area contributed by atoms with E-state index in [0.29, 0.717) is 26.2 Å². The van der Waals surface area contributed by atoms with E-state index in [1.54, 1.807) is 12.1 Å². The molecule has 0 amide bonds. The van der Waals surface area contributed by atoms with Gasteiger partial charge in [0.1, 0.15) is 5.82 Å². The van der Waals surface area contributed by atoms with Crippen LogP contribution in [0.4, 0.5) is 23.2 Å². The number of aromatic nitrogens is 2. The van der Waals surface area contributed by atoms with E-state index in [0.717, 1.165) is 10.4 Å². The summed E-state index contributed by atoms with van der Waals surface area (Å²) in [6.45, 7) is 2.27. The Morgan fingerprint density at radius 3 is 2.37 bits per heavy atom. The lowest BCUT2D eigenvalue weighted by Gasteiger charge is -2.36. The molecular formula is C17H20F4N6. The van der Waals surface area contributed by atoms with Gasteiger partial charge in [0, 0.05) is 50.7 Å². The first-order chi connectivity index (χ1) is 12.7. The van der Waals surface area contributed by atoms with Crippen molar-refractivity contribution in [2.75, 3.05) is 31.1 Å². The standard InChI is InChI=1S/C17H20F4N6/c1-25-11-12(15(24-25)17(19,20)21)10-23-16(22)27-8-6-26(7-9-27)14-4-2-13(18)3-5-14/h2-5,11H,6-10H2,1H3,(H2,22,23). The number of hydrogen-bond acceptors (Lipinski definition) is 3. The number of nitrogens with two attached hydrogens (primary N) is 1. The summed E-state index contributed by atoms with van der Waals surface area (Å²) < 4.78 is 53.1. The Bertz CT molecular complexity index is 804. The second-order valence-electron chi connectivity index (χ2n) is 6.30. The van der Waals surface area contributed by atoms with Crippen molar-refractivity contribution in [1.29, 1.82) is 0 Å². The van der Waals surface area contributed by atoms with Crippen LogP contribution in [-0.4, -0.2) is 46.8 Å². The van der Waals surface area contributed by atoms with Crippen molar-refractivity contribution in [3.8, 4) is 0 Å². The number of aryl methyl sites for hydroxylation is 1. The Morgan fingerprint density at radius 1 is 1.15 bits per heavy atom. The zero-order chi connectivity index (χ0) is 19.6. The quantitative estimate of drug-likeness (QED) is 0.501. The molecule has 0 atom stereocenters. The first-order valence-corrected chi connectivity index (χ1v) is 8.39. The number of guanidine groups is 1. The van der Waals surface area contributed by atoms with Gasteiger partial charge in [0.2, 0.25) is 0 Å². The average Bonchev–Trinajstić information content (AvgIpc) is 3.02. The number of benzene rings is 1. The van der Waals surface area contributed by atoms with E-state index in [1.807, 2.05) is 4.90 Å². The summed E-state index contributed by atoms with van der Waals surface area (Å²) >= 11 is 0. The van der Waals surface area contributed by atoms with Crippen molar-refractivity contribution in [3.63, 3.8) is 0 Å². The normalized spacial score (nSPS) is 16.1. The monoisotopic (exact) mass is 384 g/mol. The van der Waals surface area contributed by atoms with Crippen LogP contribution in [0.15, 0.2) is 35.5 Å². The summed E-state index contributed by atoms with van der Waals surface area (Å²) in [5.74, 6) is -0.0897. The maximum absolute atomic E-state index is 13.0. The summed E-state index contributed by atoms with van der Waals surface area (Å²) in [4.78, 5) is 8.03. The highest BCUT2D eigenvalue weighted by molar-refractivity contribution is 5.78. The van der Waals surface area contributed by atoms with Gasteiger partial charge in [-0.3, -0.25) is 4.68 Å². The fraction of sp³-hybridized carbons (Fsp3) is 0.412. The van der Waals surface area contributed by atoms with E-state index in [1.165, 1.54) is 25.4 Å². The topological polar surface area (TPSA) is 62.7 Å². The molecule has 27 heavy (non-hydrogen) atoms. The molecule has 1 saturated heterocycles. The van der Waals surface area contributed by atoms with E-state index >= 15 is 0 Å². The maximum Gasteiger partial charge on any atom is 0.435 e. The highest BCUT2D eigenvalue weighted by atomic mass is 19.4. The van der Waals surface area contributed by atoms with Gasteiger partial charge >= 0.3 is 6.18 Å². The van der Waals surface area contributed by atoms with Gasteiger partial charge < -0.3 is 15.5 Å².